The molecule has 6 rings (SSSR count). The molecular weight excluding hydrogens is 686 g/mol. The van der Waals surface area contributed by atoms with Crippen LogP contribution in [0, 0.1) is 5.82 Å². The number of hydrogen-bond acceptors (Lipinski definition) is 11. The van der Waals surface area contributed by atoms with E-state index in [0.717, 1.165) is 69.6 Å². The van der Waals surface area contributed by atoms with Crippen LogP contribution >= 0.6 is 0 Å². The summed E-state index contributed by atoms with van der Waals surface area (Å²) in [6, 6.07) is 18.3. The second-order valence-electron chi connectivity index (χ2n) is 12.3. The number of aldehydes is 1. The maximum Gasteiger partial charge on any atom is 0.490 e. The molecule has 1 aromatic heterocycles. The zero-order valence-electron chi connectivity index (χ0n) is 28.5. The number of rotatable bonds is 9. The monoisotopic (exact) mass is 725 g/mol. The normalized spacial score (nSPS) is 15.7. The molecule has 3 aromatic carbocycles. The number of halogens is 4. The van der Waals surface area contributed by atoms with Gasteiger partial charge in [0.05, 0.1) is 18.4 Å². The molecule has 52 heavy (non-hydrogen) atoms. The number of aromatic nitrogens is 2. The van der Waals surface area contributed by atoms with Crippen molar-refractivity contribution in [1.82, 2.24) is 19.8 Å². The van der Waals surface area contributed by atoms with Crippen LogP contribution in [0.4, 0.5) is 46.4 Å². The molecule has 0 spiro atoms. The number of hydrogen-bond donors (Lipinski definition) is 4. The minimum absolute atomic E-state index is 0.0346. The van der Waals surface area contributed by atoms with Gasteiger partial charge >= 0.3 is 12.1 Å². The van der Waals surface area contributed by atoms with Crippen molar-refractivity contribution in [2.24, 2.45) is 0 Å². The molecule has 4 N–H and O–H groups in total. The third-order valence-corrected chi connectivity index (χ3v) is 8.92. The predicted octanol–water partition coefficient (Wildman–Crippen LogP) is 6.15. The Morgan fingerprint density at radius 1 is 0.962 bits per heavy atom. The van der Waals surface area contributed by atoms with Crippen LogP contribution in [-0.2, 0) is 4.79 Å². The number of aromatic hydroxyl groups is 1. The van der Waals surface area contributed by atoms with Gasteiger partial charge in [-0.3, -0.25) is 9.69 Å². The molecule has 0 bridgehead atoms. The number of carbonyl (C=O) groups excluding carboxylic acids is 1. The summed E-state index contributed by atoms with van der Waals surface area (Å²) in [4.78, 5) is 37.0. The highest BCUT2D eigenvalue weighted by atomic mass is 19.4. The number of phenols is 1. The fourth-order valence-corrected chi connectivity index (χ4v) is 6.05. The zero-order chi connectivity index (χ0) is 37.4. The SMILES string of the molecule is COc1cc(N2CCC(N3CCN(C)CC3)CC2)ccc1Nc1ncc(-c2cc(C=O)c(O)cc2F)c(Nc2ccccc2)n1.O=C(O)C(F)(F)F. The lowest BCUT2D eigenvalue weighted by Gasteiger charge is -2.42. The van der Waals surface area contributed by atoms with E-state index in [1.807, 2.05) is 42.5 Å². The largest absolute Gasteiger partial charge is 0.507 e. The number of alkyl halides is 3. The molecule has 0 radical (unpaired) electrons. The number of nitrogens with zero attached hydrogens (tertiary/aromatic N) is 5. The fraction of sp³-hybridized carbons (Fsp3) is 0.333. The highest BCUT2D eigenvalue weighted by Crippen LogP contribution is 2.36. The number of anilines is 5. The first-order valence-corrected chi connectivity index (χ1v) is 16.5. The van der Waals surface area contributed by atoms with Crippen molar-refractivity contribution in [3.05, 3.63) is 78.2 Å². The second kappa shape index (κ2) is 16.7. The van der Waals surface area contributed by atoms with Gasteiger partial charge in [0.25, 0.3) is 0 Å². The van der Waals surface area contributed by atoms with Crippen molar-refractivity contribution in [3.63, 3.8) is 0 Å². The summed E-state index contributed by atoms with van der Waals surface area (Å²) in [6.07, 6.45) is -0.847. The molecule has 2 fully saturated rings. The predicted molar refractivity (Wildman–Crippen MR) is 188 cm³/mol. The standard InChI is InChI=1S/C34H38FN7O3.C2HF3O2/c1-40-14-16-42(17-15-40)25-10-12-41(13-11-25)26-8-9-30(32(19-26)45-2)38-34-36-21-28(27-18-23(22-43)31(44)20-29(27)35)33(39-34)37-24-6-4-3-5-7-24;3-2(4,5)1(6)7/h3-9,18-22,25,44H,10-17H2,1-2H3,(H2,36,37,38,39);(H,6,7). The number of carboxylic acids is 1. The topological polar surface area (TPSA) is 143 Å². The summed E-state index contributed by atoms with van der Waals surface area (Å²) >= 11 is 0. The van der Waals surface area contributed by atoms with E-state index in [-0.39, 0.29) is 17.1 Å². The first kappa shape index (κ1) is 37.8. The maximum atomic E-state index is 15.0. The molecular formula is C36H39F4N7O5. The lowest BCUT2D eigenvalue weighted by Crippen LogP contribution is -2.52. The number of piperazine rings is 1. The summed E-state index contributed by atoms with van der Waals surface area (Å²) in [5, 5.41) is 23.6. The summed E-state index contributed by atoms with van der Waals surface area (Å²) in [6.45, 7) is 6.54. The van der Waals surface area contributed by atoms with Gasteiger partial charge in [0.1, 0.15) is 23.1 Å². The minimum atomic E-state index is -5.08. The number of ether oxygens (including phenoxy) is 1. The summed E-state index contributed by atoms with van der Waals surface area (Å²) in [5.74, 6) is -2.65. The van der Waals surface area contributed by atoms with Gasteiger partial charge in [0, 0.05) is 86.1 Å². The molecule has 0 atom stereocenters. The molecule has 12 nitrogen and oxygen atoms in total. The van der Waals surface area contributed by atoms with Crippen LogP contribution in [0.3, 0.4) is 0 Å². The Hall–Kier alpha value is -5.48. The molecule has 16 heteroatoms. The van der Waals surface area contributed by atoms with E-state index in [2.05, 4.69) is 48.4 Å². The maximum absolute atomic E-state index is 15.0. The molecule has 2 aliphatic rings. The van der Waals surface area contributed by atoms with E-state index in [4.69, 9.17) is 14.6 Å². The van der Waals surface area contributed by atoms with Gasteiger partial charge in [-0.05, 0) is 50.2 Å². The fourth-order valence-electron chi connectivity index (χ4n) is 6.05. The first-order chi connectivity index (χ1) is 24.9. The highest BCUT2D eigenvalue weighted by Gasteiger charge is 2.38. The van der Waals surface area contributed by atoms with Gasteiger partial charge < -0.3 is 35.4 Å². The number of likely N-dealkylation sites (N-methyl/N-ethyl adjacent to an activating group) is 1. The van der Waals surface area contributed by atoms with Gasteiger partial charge in [-0.2, -0.15) is 18.2 Å². The van der Waals surface area contributed by atoms with Crippen molar-refractivity contribution in [2.45, 2.75) is 25.1 Å². The molecule has 276 valence electrons. The van der Waals surface area contributed by atoms with Gasteiger partial charge in [0.15, 0.2) is 6.29 Å². The molecule has 3 heterocycles. The highest BCUT2D eigenvalue weighted by molar-refractivity contribution is 5.86. The summed E-state index contributed by atoms with van der Waals surface area (Å²) in [7, 11) is 3.83. The Kier molecular flexibility index (Phi) is 12.1. The van der Waals surface area contributed by atoms with Gasteiger partial charge in [-0.25, -0.2) is 14.2 Å². The molecule has 0 amide bonds. The second-order valence-corrected chi connectivity index (χ2v) is 12.3. The minimum Gasteiger partial charge on any atom is -0.507 e. The number of methoxy groups -OCH3 is 1. The average molecular weight is 726 g/mol. The van der Waals surface area contributed by atoms with Crippen LogP contribution in [0.5, 0.6) is 11.5 Å². The molecule has 0 unspecified atom stereocenters. The molecule has 2 aliphatic heterocycles. The Bertz CT molecular complexity index is 1850. The Labute approximate surface area is 297 Å². The van der Waals surface area contributed by atoms with Gasteiger partial charge in [0.2, 0.25) is 5.95 Å². The third kappa shape index (κ3) is 9.44. The number of aliphatic carboxylic acids is 1. The van der Waals surface area contributed by atoms with Gasteiger partial charge in [-0.1, -0.05) is 18.2 Å². The third-order valence-electron chi connectivity index (χ3n) is 8.92. The van der Waals surface area contributed by atoms with Crippen LogP contribution in [0.25, 0.3) is 11.1 Å². The van der Waals surface area contributed by atoms with Crippen molar-refractivity contribution in [1.29, 1.82) is 0 Å². The quantitative estimate of drug-likeness (QED) is 0.116. The number of nitrogens with one attached hydrogen (secondary N) is 2. The van der Waals surface area contributed by atoms with Crippen LogP contribution < -0.4 is 20.3 Å². The van der Waals surface area contributed by atoms with Crippen molar-refractivity contribution in [3.8, 4) is 22.6 Å². The van der Waals surface area contributed by atoms with E-state index in [9.17, 15) is 23.1 Å². The first-order valence-electron chi connectivity index (χ1n) is 16.5. The van der Waals surface area contributed by atoms with E-state index >= 15 is 4.39 Å². The average Bonchev–Trinajstić information content (AvgIpc) is 3.13. The smallest absolute Gasteiger partial charge is 0.490 e. The van der Waals surface area contributed by atoms with Gasteiger partial charge in [-0.15, -0.1) is 0 Å². The summed E-state index contributed by atoms with van der Waals surface area (Å²) < 4.78 is 52.5. The van der Waals surface area contributed by atoms with Crippen LogP contribution in [0.15, 0.2) is 66.9 Å². The Balaban J connectivity index is 0.000000679. The van der Waals surface area contributed by atoms with Crippen molar-refractivity contribution < 1.29 is 42.1 Å². The van der Waals surface area contributed by atoms with E-state index in [0.29, 0.717) is 35.1 Å². The van der Waals surface area contributed by atoms with E-state index in [1.54, 1.807) is 7.11 Å². The number of piperidine rings is 1. The number of para-hydroxylation sites is 1. The van der Waals surface area contributed by atoms with Crippen LogP contribution in [-0.4, -0.2) is 108 Å². The van der Waals surface area contributed by atoms with Crippen molar-refractivity contribution >= 4 is 41.1 Å². The van der Waals surface area contributed by atoms with Crippen LogP contribution in [0.1, 0.15) is 23.2 Å². The Morgan fingerprint density at radius 2 is 1.63 bits per heavy atom. The Morgan fingerprint density at radius 3 is 2.25 bits per heavy atom. The lowest BCUT2D eigenvalue weighted by molar-refractivity contribution is -0.192. The molecule has 4 aromatic rings. The summed E-state index contributed by atoms with van der Waals surface area (Å²) in [5.41, 5.74) is 2.89. The van der Waals surface area contributed by atoms with Crippen molar-refractivity contribution in [2.75, 3.05) is 69.0 Å². The lowest BCUT2D eigenvalue weighted by atomic mass is 10.0. The molecule has 0 saturated carbocycles. The number of phenolic OH excluding ortho intramolecular Hbond substituents is 1. The zero-order valence-corrected chi connectivity index (χ0v) is 28.5. The number of carbonyl (C=O) groups is 2. The van der Waals surface area contributed by atoms with E-state index < -0.39 is 23.7 Å². The number of carboxylic acid groups (broad SMARTS) is 1. The number of benzene rings is 3. The van der Waals surface area contributed by atoms with E-state index in [1.165, 1.54) is 12.3 Å². The molecule has 2 saturated heterocycles. The molecule has 0 aliphatic carbocycles. The van der Waals surface area contributed by atoms with Crippen LogP contribution in [0.2, 0.25) is 0 Å².